The molecule has 2 aliphatic carbocycles. The molecule has 2 saturated carbocycles. The Morgan fingerprint density at radius 1 is 1.20 bits per heavy atom. The van der Waals surface area contributed by atoms with Gasteiger partial charge in [0.05, 0.1) is 0 Å². The molecule has 0 bridgehead atoms. The summed E-state index contributed by atoms with van der Waals surface area (Å²) in [5.74, 6) is 0.939. The highest BCUT2D eigenvalue weighted by Gasteiger charge is 2.46. The van der Waals surface area contributed by atoms with Crippen LogP contribution in [-0.4, -0.2) is 47.4 Å². The second-order valence-electron chi connectivity index (χ2n) is 6.50. The van der Waals surface area contributed by atoms with Crippen LogP contribution in [0.3, 0.4) is 0 Å². The molecule has 0 aromatic rings. The first-order valence-corrected chi connectivity index (χ1v) is 8.66. The topological polar surface area (TPSA) is 15.3 Å². The SMILES string of the molecule is FC(F)(F)SCCN1CC(C2CC2)NCC12CCCC2. The molecule has 1 atom stereocenters. The van der Waals surface area contributed by atoms with Gasteiger partial charge in [-0.15, -0.1) is 0 Å². The zero-order valence-electron chi connectivity index (χ0n) is 11.7. The van der Waals surface area contributed by atoms with Crippen LogP contribution in [0.1, 0.15) is 38.5 Å². The molecule has 20 heavy (non-hydrogen) atoms. The minimum absolute atomic E-state index is 0.133. The molecule has 6 heteroatoms. The van der Waals surface area contributed by atoms with E-state index in [4.69, 9.17) is 0 Å². The van der Waals surface area contributed by atoms with Crippen molar-refractivity contribution < 1.29 is 13.2 Å². The van der Waals surface area contributed by atoms with Crippen molar-refractivity contribution in [2.75, 3.05) is 25.4 Å². The van der Waals surface area contributed by atoms with Crippen LogP contribution >= 0.6 is 11.8 Å². The fraction of sp³-hybridized carbons (Fsp3) is 1.00. The monoisotopic (exact) mass is 308 g/mol. The first-order valence-electron chi connectivity index (χ1n) is 7.68. The van der Waals surface area contributed by atoms with Crippen molar-refractivity contribution in [3.05, 3.63) is 0 Å². The maximum Gasteiger partial charge on any atom is 0.441 e. The van der Waals surface area contributed by atoms with Gasteiger partial charge in [0, 0.05) is 37.0 Å². The first kappa shape index (κ1) is 15.0. The minimum Gasteiger partial charge on any atom is -0.311 e. The van der Waals surface area contributed by atoms with Gasteiger partial charge >= 0.3 is 5.51 Å². The van der Waals surface area contributed by atoms with Crippen molar-refractivity contribution in [3.63, 3.8) is 0 Å². The smallest absolute Gasteiger partial charge is 0.311 e. The van der Waals surface area contributed by atoms with E-state index in [1.807, 2.05) is 0 Å². The molecular formula is C14H23F3N2S. The molecule has 0 radical (unpaired) electrons. The Hall–Kier alpha value is 0.0600. The summed E-state index contributed by atoms with van der Waals surface area (Å²) in [7, 11) is 0. The van der Waals surface area contributed by atoms with E-state index in [0.29, 0.717) is 12.6 Å². The van der Waals surface area contributed by atoms with Gasteiger partial charge < -0.3 is 5.32 Å². The van der Waals surface area contributed by atoms with Crippen molar-refractivity contribution in [2.45, 2.75) is 55.6 Å². The third-order valence-corrected chi connectivity index (χ3v) is 5.85. The quantitative estimate of drug-likeness (QED) is 0.858. The molecule has 1 N–H and O–H groups in total. The predicted octanol–water partition coefficient (Wildman–Crippen LogP) is 3.24. The van der Waals surface area contributed by atoms with Crippen LogP contribution < -0.4 is 5.32 Å². The number of hydrogen-bond acceptors (Lipinski definition) is 3. The maximum atomic E-state index is 12.3. The number of rotatable bonds is 4. The Morgan fingerprint density at radius 2 is 1.90 bits per heavy atom. The molecule has 3 fully saturated rings. The molecule has 0 aromatic heterocycles. The van der Waals surface area contributed by atoms with Crippen molar-refractivity contribution in [1.82, 2.24) is 10.2 Å². The Bertz CT molecular complexity index is 338. The predicted molar refractivity (Wildman–Crippen MR) is 75.8 cm³/mol. The summed E-state index contributed by atoms with van der Waals surface area (Å²) in [6, 6.07) is 0.511. The molecule has 1 heterocycles. The molecule has 2 nitrogen and oxygen atoms in total. The largest absolute Gasteiger partial charge is 0.441 e. The van der Waals surface area contributed by atoms with E-state index in [0.717, 1.165) is 31.8 Å². The fourth-order valence-electron chi connectivity index (χ4n) is 3.87. The van der Waals surface area contributed by atoms with E-state index in [-0.39, 0.29) is 23.1 Å². The maximum absolute atomic E-state index is 12.3. The standard InChI is InChI=1S/C14H23F3N2S/c15-14(16,17)20-8-7-19-9-12(11-3-4-11)18-10-13(19)5-1-2-6-13/h11-12,18H,1-10H2. The lowest BCUT2D eigenvalue weighted by Gasteiger charge is -2.48. The van der Waals surface area contributed by atoms with Crippen LogP contribution in [0.25, 0.3) is 0 Å². The summed E-state index contributed by atoms with van der Waals surface area (Å²) >= 11 is 0.133. The molecule has 1 aliphatic heterocycles. The zero-order valence-corrected chi connectivity index (χ0v) is 12.5. The molecule has 1 spiro atoms. The fourth-order valence-corrected chi connectivity index (χ4v) is 4.41. The van der Waals surface area contributed by atoms with E-state index in [2.05, 4.69) is 10.2 Å². The van der Waals surface area contributed by atoms with Crippen LogP contribution in [0.2, 0.25) is 0 Å². The van der Waals surface area contributed by atoms with Crippen LogP contribution in [0, 0.1) is 5.92 Å². The molecule has 1 saturated heterocycles. The number of halogens is 3. The van der Waals surface area contributed by atoms with Crippen molar-refractivity contribution in [2.24, 2.45) is 5.92 Å². The van der Waals surface area contributed by atoms with Crippen LogP contribution in [0.5, 0.6) is 0 Å². The summed E-state index contributed by atoms with van der Waals surface area (Å²) in [5, 5.41) is 3.68. The summed E-state index contributed by atoms with van der Waals surface area (Å²) < 4.78 is 37.0. The number of alkyl halides is 3. The molecule has 3 rings (SSSR count). The van der Waals surface area contributed by atoms with Gasteiger partial charge in [-0.05, 0) is 43.4 Å². The van der Waals surface area contributed by atoms with Gasteiger partial charge in [-0.1, -0.05) is 12.8 Å². The Balaban J connectivity index is 1.59. The van der Waals surface area contributed by atoms with Crippen molar-refractivity contribution in [3.8, 4) is 0 Å². The second-order valence-corrected chi connectivity index (χ2v) is 7.66. The zero-order chi connectivity index (χ0) is 14.2. The Kier molecular flexibility index (Phi) is 4.26. The van der Waals surface area contributed by atoms with E-state index in [1.165, 1.54) is 25.7 Å². The van der Waals surface area contributed by atoms with Gasteiger partial charge in [-0.3, -0.25) is 4.90 Å². The highest BCUT2D eigenvalue weighted by molar-refractivity contribution is 8.00. The summed E-state index contributed by atoms with van der Waals surface area (Å²) in [4.78, 5) is 2.39. The van der Waals surface area contributed by atoms with Gasteiger partial charge in [0.25, 0.3) is 0 Å². The molecule has 0 amide bonds. The Morgan fingerprint density at radius 3 is 2.50 bits per heavy atom. The van der Waals surface area contributed by atoms with Gasteiger partial charge in [0.1, 0.15) is 0 Å². The van der Waals surface area contributed by atoms with Gasteiger partial charge in [-0.25, -0.2) is 0 Å². The molecular weight excluding hydrogens is 285 g/mol. The van der Waals surface area contributed by atoms with E-state index < -0.39 is 5.51 Å². The number of nitrogens with one attached hydrogen (secondary N) is 1. The van der Waals surface area contributed by atoms with E-state index in [9.17, 15) is 13.2 Å². The molecule has 3 aliphatic rings. The van der Waals surface area contributed by atoms with Gasteiger partial charge in [0.15, 0.2) is 0 Å². The first-order chi connectivity index (χ1) is 9.49. The average Bonchev–Trinajstić information content (AvgIpc) is 3.11. The molecule has 1 unspecified atom stereocenters. The molecule has 0 aromatic carbocycles. The lowest BCUT2D eigenvalue weighted by Crippen LogP contribution is -2.64. The van der Waals surface area contributed by atoms with E-state index in [1.54, 1.807) is 0 Å². The highest BCUT2D eigenvalue weighted by atomic mass is 32.2. The third kappa shape index (κ3) is 3.45. The third-order valence-electron chi connectivity index (χ3n) is 5.13. The lowest BCUT2D eigenvalue weighted by molar-refractivity contribution is -0.0332. The van der Waals surface area contributed by atoms with Crippen LogP contribution in [0.15, 0.2) is 0 Å². The van der Waals surface area contributed by atoms with Crippen molar-refractivity contribution in [1.29, 1.82) is 0 Å². The number of hydrogen-bond donors (Lipinski definition) is 1. The number of piperazine rings is 1. The molecule has 116 valence electrons. The highest BCUT2D eigenvalue weighted by Crippen LogP contribution is 2.41. The van der Waals surface area contributed by atoms with Crippen LogP contribution in [0.4, 0.5) is 13.2 Å². The van der Waals surface area contributed by atoms with E-state index >= 15 is 0 Å². The van der Waals surface area contributed by atoms with Gasteiger partial charge in [-0.2, -0.15) is 13.2 Å². The average molecular weight is 308 g/mol. The minimum atomic E-state index is -4.09. The normalized spacial score (nSPS) is 31.1. The summed E-state index contributed by atoms with van der Waals surface area (Å²) in [6.45, 7) is 2.50. The number of thioether (sulfide) groups is 1. The van der Waals surface area contributed by atoms with Gasteiger partial charge in [0.2, 0.25) is 0 Å². The summed E-state index contributed by atoms with van der Waals surface area (Å²) in [6.07, 6.45) is 7.31. The van der Waals surface area contributed by atoms with Crippen molar-refractivity contribution >= 4 is 11.8 Å². The number of nitrogens with zero attached hydrogens (tertiary/aromatic N) is 1. The second kappa shape index (κ2) is 5.69. The Labute approximate surface area is 122 Å². The van der Waals surface area contributed by atoms with Crippen LogP contribution in [-0.2, 0) is 0 Å². The summed E-state index contributed by atoms with van der Waals surface area (Å²) in [5.41, 5.74) is -3.94. The lowest BCUT2D eigenvalue weighted by atomic mass is 9.90.